The van der Waals surface area contributed by atoms with Crippen LogP contribution in [0.5, 0.6) is 5.75 Å². The van der Waals surface area contributed by atoms with Gasteiger partial charge in [-0.3, -0.25) is 14.5 Å². The number of carbonyl (C=O) groups is 2. The lowest BCUT2D eigenvalue weighted by molar-refractivity contribution is -0.125. The number of aromatic nitrogens is 1. The number of halogens is 1. The molecule has 8 heteroatoms. The summed E-state index contributed by atoms with van der Waals surface area (Å²) in [7, 11) is 0. The fraction of sp³-hybridized carbons (Fsp3) is 0.409. The monoisotopic (exact) mass is 474 g/mol. The molecule has 30 heavy (non-hydrogen) atoms. The molecule has 0 saturated carbocycles. The molecule has 1 atom stereocenters. The van der Waals surface area contributed by atoms with E-state index in [9.17, 15) is 9.59 Å². The minimum absolute atomic E-state index is 0.0542. The summed E-state index contributed by atoms with van der Waals surface area (Å²) in [6.07, 6.45) is 3.34. The van der Waals surface area contributed by atoms with Gasteiger partial charge in [0, 0.05) is 17.2 Å². The zero-order valence-corrected chi connectivity index (χ0v) is 18.7. The van der Waals surface area contributed by atoms with E-state index in [0.717, 1.165) is 35.2 Å². The molecule has 1 aromatic carbocycles. The van der Waals surface area contributed by atoms with Gasteiger partial charge in [0.1, 0.15) is 18.2 Å². The number of ether oxygens (including phenoxy) is 1. The SMILES string of the molecule is Cc1cccc(OCCNC(=O)CN2CCCC(C(=O)Nc3ccc(Br)cn3)C2)c1. The molecule has 1 fully saturated rings. The predicted molar refractivity (Wildman–Crippen MR) is 119 cm³/mol. The number of anilines is 1. The summed E-state index contributed by atoms with van der Waals surface area (Å²) in [5.74, 6) is 1.07. The fourth-order valence-corrected chi connectivity index (χ4v) is 3.65. The van der Waals surface area contributed by atoms with Gasteiger partial charge in [0.25, 0.3) is 0 Å². The van der Waals surface area contributed by atoms with Crippen molar-refractivity contribution in [2.75, 3.05) is 38.1 Å². The van der Waals surface area contributed by atoms with Crippen LogP contribution in [0, 0.1) is 12.8 Å². The molecule has 1 aromatic heterocycles. The third-order valence-corrected chi connectivity index (χ3v) is 5.37. The van der Waals surface area contributed by atoms with Crippen molar-refractivity contribution in [2.45, 2.75) is 19.8 Å². The minimum atomic E-state index is -0.151. The van der Waals surface area contributed by atoms with Gasteiger partial charge in [0.05, 0.1) is 19.0 Å². The van der Waals surface area contributed by atoms with Gasteiger partial charge in [0.2, 0.25) is 11.8 Å². The van der Waals surface area contributed by atoms with E-state index in [-0.39, 0.29) is 24.3 Å². The summed E-state index contributed by atoms with van der Waals surface area (Å²) >= 11 is 3.33. The summed E-state index contributed by atoms with van der Waals surface area (Å²) in [5, 5.41) is 5.74. The molecule has 0 spiro atoms. The Bertz CT molecular complexity index is 860. The van der Waals surface area contributed by atoms with Crippen LogP contribution in [0.15, 0.2) is 47.1 Å². The maximum atomic E-state index is 12.5. The number of nitrogens with one attached hydrogen (secondary N) is 2. The maximum absolute atomic E-state index is 12.5. The highest BCUT2D eigenvalue weighted by Gasteiger charge is 2.27. The van der Waals surface area contributed by atoms with Crippen molar-refractivity contribution in [3.05, 3.63) is 52.6 Å². The third-order valence-electron chi connectivity index (χ3n) is 4.90. The zero-order chi connectivity index (χ0) is 21.3. The second kappa shape index (κ2) is 11.1. The zero-order valence-electron chi connectivity index (χ0n) is 17.1. The van der Waals surface area contributed by atoms with Gasteiger partial charge >= 0.3 is 0 Å². The molecule has 2 N–H and O–H groups in total. The predicted octanol–water partition coefficient (Wildman–Crippen LogP) is 3.00. The van der Waals surface area contributed by atoms with E-state index < -0.39 is 0 Å². The Balaban J connectivity index is 1.37. The molecule has 160 valence electrons. The van der Waals surface area contributed by atoms with E-state index in [4.69, 9.17) is 4.74 Å². The lowest BCUT2D eigenvalue weighted by Crippen LogP contribution is -2.45. The highest BCUT2D eigenvalue weighted by atomic mass is 79.9. The van der Waals surface area contributed by atoms with Crippen LogP contribution in [0.3, 0.4) is 0 Å². The van der Waals surface area contributed by atoms with Crippen LogP contribution in [0.1, 0.15) is 18.4 Å². The quantitative estimate of drug-likeness (QED) is 0.574. The molecule has 2 heterocycles. The first-order valence-corrected chi connectivity index (χ1v) is 10.9. The molecule has 0 radical (unpaired) electrons. The van der Waals surface area contributed by atoms with E-state index in [0.29, 0.717) is 25.5 Å². The Hall–Kier alpha value is -2.45. The Morgan fingerprint density at radius 3 is 2.93 bits per heavy atom. The van der Waals surface area contributed by atoms with Crippen molar-refractivity contribution in [2.24, 2.45) is 5.92 Å². The molecule has 0 bridgehead atoms. The highest BCUT2D eigenvalue weighted by Crippen LogP contribution is 2.19. The Morgan fingerprint density at radius 1 is 1.30 bits per heavy atom. The van der Waals surface area contributed by atoms with Crippen LogP contribution in [-0.2, 0) is 9.59 Å². The number of aryl methyl sites for hydroxylation is 1. The topological polar surface area (TPSA) is 83.6 Å². The lowest BCUT2D eigenvalue weighted by atomic mass is 9.97. The van der Waals surface area contributed by atoms with Gasteiger partial charge in [-0.1, -0.05) is 12.1 Å². The number of hydrogen-bond donors (Lipinski definition) is 2. The maximum Gasteiger partial charge on any atom is 0.234 e. The summed E-state index contributed by atoms with van der Waals surface area (Å²) in [4.78, 5) is 31.0. The minimum Gasteiger partial charge on any atom is -0.492 e. The number of amides is 2. The average molecular weight is 475 g/mol. The van der Waals surface area contributed by atoms with Crippen molar-refractivity contribution in [3.8, 4) is 5.75 Å². The standard InChI is InChI=1S/C22H27BrN4O3/c1-16-4-2-6-19(12-16)30-11-9-24-21(28)15-27-10-3-5-17(14-27)22(29)26-20-8-7-18(23)13-25-20/h2,4,6-8,12-13,17H,3,5,9-11,14-15H2,1H3,(H,24,28)(H,25,26,29). The number of pyridine rings is 1. The van der Waals surface area contributed by atoms with Crippen LogP contribution in [0.25, 0.3) is 0 Å². The Morgan fingerprint density at radius 2 is 2.17 bits per heavy atom. The number of rotatable bonds is 8. The van der Waals surface area contributed by atoms with Crippen molar-refractivity contribution < 1.29 is 14.3 Å². The molecule has 1 aliphatic heterocycles. The summed E-state index contributed by atoms with van der Waals surface area (Å²) < 4.78 is 6.51. The second-order valence-electron chi connectivity index (χ2n) is 7.44. The van der Waals surface area contributed by atoms with E-state index in [1.165, 1.54) is 0 Å². The van der Waals surface area contributed by atoms with Gasteiger partial charge in [-0.15, -0.1) is 0 Å². The van der Waals surface area contributed by atoms with Gasteiger partial charge in [-0.05, 0) is 72.1 Å². The molecule has 0 aliphatic carbocycles. The molecule has 2 aromatic rings. The van der Waals surface area contributed by atoms with E-state index in [1.54, 1.807) is 12.3 Å². The fourth-order valence-electron chi connectivity index (χ4n) is 3.41. The highest BCUT2D eigenvalue weighted by molar-refractivity contribution is 9.10. The van der Waals surface area contributed by atoms with E-state index >= 15 is 0 Å². The number of carbonyl (C=O) groups excluding carboxylic acids is 2. The summed E-state index contributed by atoms with van der Waals surface area (Å²) in [6, 6.07) is 11.4. The average Bonchev–Trinajstić information content (AvgIpc) is 2.73. The van der Waals surface area contributed by atoms with Crippen molar-refractivity contribution in [1.82, 2.24) is 15.2 Å². The van der Waals surface area contributed by atoms with Crippen molar-refractivity contribution in [1.29, 1.82) is 0 Å². The molecule has 2 amide bonds. The number of benzene rings is 1. The lowest BCUT2D eigenvalue weighted by Gasteiger charge is -2.31. The number of nitrogens with zero attached hydrogens (tertiary/aromatic N) is 2. The molecule has 1 saturated heterocycles. The van der Waals surface area contributed by atoms with Crippen LogP contribution in [0.4, 0.5) is 5.82 Å². The van der Waals surface area contributed by atoms with Gasteiger partial charge < -0.3 is 15.4 Å². The van der Waals surface area contributed by atoms with Crippen molar-refractivity contribution in [3.63, 3.8) is 0 Å². The van der Waals surface area contributed by atoms with E-state index in [1.807, 2.05) is 42.2 Å². The largest absolute Gasteiger partial charge is 0.492 e. The Kier molecular flexibility index (Phi) is 8.21. The number of piperidine rings is 1. The molecular formula is C22H27BrN4O3. The smallest absolute Gasteiger partial charge is 0.234 e. The van der Waals surface area contributed by atoms with Crippen LogP contribution in [-0.4, -0.2) is 54.5 Å². The van der Waals surface area contributed by atoms with Gasteiger partial charge in [0.15, 0.2) is 0 Å². The molecular weight excluding hydrogens is 448 g/mol. The number of likely N-dealkylation sites (tertiary alicyclic amines) is 1. The number of hydrogen-bond acceptors (Lipinski definition) is 5. The summed E-state index contributed by atoms with van der Waals surface area (Å²) in [5.41, 5.74) is 1.14. The third kappa shape index (κ3) is 7.11. The van der Waals surface area contributed by atoms with Crippen molar-refractivity contribution >= 4 is 33.6 Å². The second-order valence-corrected chi connectivity index (χ2v) is 8.36. The molecule has 3 rings (SSSR count). The van der Waals surface area contributed by atoms with Crippen LogP contribution in [0.2, 0.25) is 0 Å². The first kappa shape index (κ1) is 22.2. The molecule has 7 nitrogen and oxygen atoms in total. The van der Waals surface area contributed by atoms with E-state index in [2.05, 4.69) is 31.5 Å². The normalized spacial score (nSPS) is 16.7. The van der Waals surface area contributed by atoms with Crippen LogP contribution >= 0.6 is 15.9 Å². The first-order chi connectivity index (χ1) is 14.5. The summed E-state index contributed by atoms with van der Waals surface area (Å²) in [6.45, 7) is 4.53. The van der Waals surface area contributed by atoms with Gasteiger partial charge in [-0.2, -0.15) is 0 Å². The Labute approximate surface area is 185 Å². The van der Waals surface area contributed by atoms with Crippen LogP contribution < -0.4 is 15.4 Å². The molecule has 1 unspecified atom stereocenters. The molecule has 1 aliphatic rings. The first-order valence-electron chi connectivity index (χ1n) is 10.1. The van der Waals surface area contributed by atoms with Gasteiger partial charge in [-0.25, -0.2) is 4.98 Å².